The Labute approximate surface area is 303 Å². The molecule has 3 aliphatic rings. The topological polar surface area (TPSA) is 188 Å². The number of hydrogen-bond acceptors (Lipinski definition) is 9. The number of benzene rings is 1. The van der Waals surface area contributed by atoms with Crippen molar-refractivity contribution in [2.24, 2.45) is 5.92 Å². The highest BCUT2D eigenvalue weighted by Crippen LogP contribution is 2.28. The maximum absolute atomic E-state index is 13.7. The van der Waals surface area contributed by atoms with E-state index in [4.69, 9.17) is 9.47 Å². The molecule has 2 aliphatic heterocycles. The van der Waals surface area contributed by atoms with E-state index in [1.807, 2.05) is 19.9 Å². The number of pyridine rings is 1. The molecule has 2 saturated heterocycles. The predicted molar refractivity (Wildman–Crippen MR) is 190 cm³/mol. The van der Waals surface area contributed by atoms with Gasteiger partial charge in [-0.2, -0.15) is 0 Å². The van der Waals surface area contributed by atoms with E-state index in [1.165, 1.54) is 22.3 Å². The second kappa shape index (κ2) is 18.0. The summed E-state index contributed by atoms with van der Waals surface area (Å²) in [6, 6.07) is 5.07. The van der Waals surface area contributed by atoms with Gasteiger partial charge in [-0.15, -0.1) is 0 Å². The molecule has 15 heteroatoms. The van der Waals surface area contributed by atoms with Gasteiger partial charge in [-0.3, -0.25) is 24.0 Å². The summed E-state index contributed by atoms with van der Waals surface area (Å²) in [5.74, 6) is -2.08. The average Bonchev–Trinajstić information content (AvgIpc) is 3.61. The third-order valence-electron chi connectivity index (χ3n) is 10.00. The largest absolute Gasteiger partial charge is 0.483 e. The molecule has 1 aliphatic carbocycles. The van der Waals surface area contributed by atoms with Crippen LogP contribution in [0, 0.1) is 12.8 Å². The fraction of sp³-hybridized carbons (Fsp3) is 0.595. The highest BCUT2D eigenvalue weighted by molar-refractivity contribution is 5.99. The Hall–Kier alpha value is -4.95. The molecule has 15 nitrogen and oxygen atoms in total. The molecule has 5 amide bonds. The number of ether oxygens (including phenoxy) is 2. The minimum absolute atomic E-state index is 0.0808. The van der Waals surface area contributed by atoms with Gasteiger partial charge in [-0.25, -0.2) is 9.78 Å². The molecule has 0 spiro atoms. The number of hydrogen-bond donors (Lipinski definition) is 3. The number of nitrogens with zero attached hydrogens (tertiary/aromatic N) is 4. The molecule has 282 valence electrons. The first kappa shape index (κ1) is 38.3. The zero-order valence-electron chi connectivity index (χ0n) is 30.1. The van der Waals surface area contributed by atoms with Crippen molar-refractivity contribution in [3.8, 4) is 5.75 Å². The van der Waals surface area contributed by atoms with E-state index in [9.17, 15) is 33.9 Å². The maximum atomic E-state index is 13.7. The van der Waals surface area contributed by atoms with Crippen LogP contribution in [0.5, 0.6) is 5.75 Å². The summed E-state index contributed by atoms with van der Waals surface area (Å²) >= 11 is 0. The first-order valence-corrected chi connectivity index (χ1v) is 18.4. The number of carboxylic acid groups (broad SMARTS) is 1. The van der Waals surface area contributed by atoms with E-state index in [0.29, 0.717) is 49.4 Å². The molecule has 3 fully saturated rings. The molecule has 2 atom stereocenters. The van der Waals surface area contributed by atoms with Crippen LogP contribution >= 0.6 is 0 Å². The van der Waals surface area contributed by atoms with Gasteiger partial charge in [0, 0.05) is 57.1 Å². The number of aromatic nitrogens is 1. The minimum atomic E-state index is -1.17. The Morgan fingerprint density at radius 1 is 0.981 bits per heavy atom. The number of carboxylic acids is 1. The number of nitrogens with one attached hydrogen (secondary N) is 2. The number of likely N-dealkylation sites (tertiary alicyclic amines) is 1. The number of aliphatic carboxylic acids is 1. The van der Waals surface area contributed by atoms with E-state index in [-0.39, 0.29) is 68.9 Å². The summed E-state index contributed by atoms with van der Waals surface area (Å²) in [6.07, 6.45) is 5.36. The number of amides is 5. The van der Waals surface area contributed by atoms with Crippen molar-refractivity contribution in [2.75, 3.05) is 52.5 Å². The van der Waals surface area contributed by atoms with Crippen molar-refractivity contribution in [3.63, 3.8) is 0 Å². The molecule has 3 N–H and O–H groups in total. The summed E-state index contributed by atoms with van der Waals surface area (Å²) in [5, 5.41) is 15.6. The van der Waals surface area contributed by atoms with Gasteiger partial charge in [0.05, 0.1) is 12.1 Å². The normalized spacial score (nSPS) is 18.0. The number of aryl methyl sites for hydroxylation is 1. The lowest BCUT2D eigenvalue weighted by Crippen LogP contribution is -2.56. The molecule has 0 bridgehead atoms. The Morgan fingerprint density at radius 3 is 2.42 bits per heavy atom. The zero-order valence-corrected chi connectivity index (χ0v) is 30.1. The summed E-state index contributed by atoms with van der Waals surface area (Å²) in [6.45, 7) is 5.76. The zero-order chi connectivity index (χ0) is 37.2. The van der Waals surface area contributed by atoms with Crippen molar-refractivity contribution in [2.45, 2.75) is 83.7 Å². The second-order valence-electron chi connectivity index (χ2n) is 13.8. The molecule has 3 heterocycles. The Bertz CT molecular complexity index is 1640. The highest BCUT2D eigenvalue weighted by atomic mass is 16.6. The van der Waals surface area contributed by atoms with E-state index >= 15 is 0 Å². The number of rotatable bonds is 15. The van der Waals surface area contributed by atoms with Crippen molar-refractivity contribution in [3.05, 3.63) is 35.5 Å². The molecule has 5 rings (SSSR count). The Balaban J connectivity index is 1.26. The molecule has 0 radical (unpaired) electrons. The first-order chi connectivity index (χ1) is 25.0. The van der Waals surface area contributed by atoms with Gasteiger partial charge in [0.15, 0.2) is 6.61 Å². The number of fused-ring (bicyclic) bond motifs is 1. The SMILES string of the molecule is CCCCOC(=O)N1CCN(C(=O)[C@H](CCC(=O)O)NC(=O)c2cc(OCC(=O)N3CCC[C@H]3C(=O)NCC3CCC3)c3ccc(C)cc3n2)CC1. The lowest BCUT2D eigenvalue weighted by atomic mass is 9.85. The van der Waals surface area contributed by atoms with Crippen LogP contribution in [0.2, 0.25) is 0 Å². The van der Waals surface area contributed by atoms with Crippen LogP contribution in [-0.2, 0) is 23.9 Å². The van der Waals surface area contributed by atoms with Gasteiger partial charge < -0.3 is 39.9 Å². The summed E-state index contributed by atoms with van der Waals surface area (Å²) < 4.78 is 11.3. The lowest BCUT2D eigenvalue weighted by Gasteiger charge is -2.36. The number of carbonyl (C=O) groups is 6. The highest BCUT2D eigenvalue weighted by Gasteiger charge is 2.35. The number of unbranched alkanes of at least 4 members (excludes halogenated alkanes) is 1. The Morgan fingerprint density at radius 2 is 1.73 bits per heavy atom. The van der Waals surface area contributed by atoms with Crippen LogP contribution in [0.3, 0.4) is 0 Å². The van der Waals surface area contributed by atoms with Crippen molar-refractivity contribution in [1.29, 1.82) is 0 Å². The van der Waals surface area contributed by atoms with Crippen molar-refractivity contribution < 1.29 is 43.3 Å². The number of piperazine rings is 1. The molecule has 0 unspecified atom stereocenters. The quantitative estimate of drug-likeness (QED) is 0.231. The molecule has 1 aromatic heterocycles. The fourth-order valence-electron chi connectivity index (χ4n) is 6.64. The molecule has 2 aromatic rings. The smallest absolute Gasteiger partial charge is 0.409 e. The van der Waals surface area contributed by atoms with Crippen LogP contribution < -0.4 is 15.4 Å². The van der Waals surface area contributed by atoms with Gasteiger partial charge in [0.2, 0.25) is 11.8 Å². The van der Waals surface area contributed by atoms with Gasteiger partial charge in [-0.1, -0.05) is 25.8 Å². The maximum Gasteiger partial charge on any atom is 0.409 e. The lowest BCUT2D eigenvalue weighted by molar-refractivity contribution is -0.140. The van der Waals surface area contributed by atoms with E-state index in [2.05, 4.69) is 15.6 Å². The van der Waals surface area contributed by atoms with Gasteiger partial charge >= 0.3 is 12.1 Å². The average molecular weight is 723 g/mol. The van der Waals surface area contributed by atoms with Crippen LogP contribution in [-0.4, -0.2) is 125 Å². The van der Waals surface area contributed by atoms with Crippen LogP contribution in [0.1, 0.15) is 80.8 Å². The summed E-state index contributed by atoms with van der Waals surface area (Å²) in [4.78, 5) is 86.6. The summed E-state index contributed by atoms with van der Waals surface area (Å²) in [5.41, 5.74) is 1.22. The van der Waals surface area contributed by atoms with E-state index in [0.717, 1.165) is 31.2 Å². The van der Waals surface area contributed by atoms with Crippen LogP contribution in [0.4, 0.5) is 4.79 Å². The van der Waals surface area contributed by atoms with Gasteiger partial charge in [0.25, 0.3) is 11.8 Å². The summed E-state index contributed by atoms with van der Waals surface area (Å²) in [7, 11) is 0. The monoisotopic (exact) mass is 722 g/mol. The standard InChI is InChI=1S/C37H50N6O9/c1-3-4-19-51-37(50)42-17-15-41(16-18-42)36(49)27(12-13-33(45)46)40-34(47)29-21-31(26-11-10-24(2)20-28(26)39-29)52-23-32(44)43-14-6-9-30(43)35(48)38-22-25-7-5-8-25/h10-11,20-21,25,27,30H,3-9,12-19,22-23H2,1-2H3,(H,38,48)(H,40,47)(H,45,46)/t27-,30-/m0/s1. The van der Waals surface area contributed by atoms with Crippen LogP contribution in [0.25, 0.3) is 10.9 Å². The van der Waals surface area contributed by atoms with Gasteiger partial charge in [-0.05, 0) is 69.1 Å². The first-order valence-electron chi connectivity index (χ1n) is 18.4. The second-order valence-corrected chi connectivity index (χ2v) is 13.8. The Kier molecular flexibility index (Phi) is 13.3. The van der Waals surface area contributed by atoms with Crippen molar-refractivity contribution >= 4 is 46.6 Å². The predicted octanol–water partition coefficient (Wildman–Crippen LogP) is 2.87. The third-order valence-corrected chi connectivity index (χ3v) is 10.00. The van der Waals surface area contributed by atoms with Crippen LogP contribution in [0.15, 0.2) is 24.3 Å². The molecular weight excluding hydrogens is 672 g/mol. The van der Waals surface area contributed by atoms with E-state index < -0.39 is 36.0 Å². The van der Waals surface area contributed by atoms with Crippen molar-refractivity contribution in [1.82, 2.24) is 30.3 Å². The van der Waals surface area contributed by atoms with Gasteiger partial charge in [0.1, 0.15) is 23.5 Å². The minimum Gasteiger partial charge on any atom is -0.483 e. The fourth-order valence-corrected chi connectivity index (χ4v) is 6.64. The molecule has 1 aromatic carbocycles. The molecule has 52 heavy (non-hydrogen) atoms. The number of carbonyl (C=O) groups excluding carboxylic acids is 5. The molecule has 1 saturated carbocycles. The van der Waals surface area contributed by atoms with E-state index in [1.54, 1.807) is 17.0 Å². The molecular formula is C37H50N6O9. The third kappa shape index (κ3) is 9.88.